The molecule has 1 saturated heterocycles. The molecule has 1 saturated carbocycles. The number of nitrogens with zero attached hydrogens (tertiary/aromatic N) is 3. The molecule has 1 atom stereocenters. The molecular weight excluding hydrogens is 260 g/mol. The van der Waals surface area contributed by atoms with Crippen LogP contribution in [0.2, 0.25) is 0 Å². The quantitative estimate of drug-likeness (QED) is 0.921. The van der Waals surface area contributed by atoms with Crippen LogP contribution in [-0.4, -0.2) is 48.1 Å². The number of pyridine rings is 1. The highest BCUT2D eigenvalue weighted by atomic mass is 15.3. The number of piperazine rings is 1. The minimum absolute atomic E-state index is 0.188. The highest BCUT2D eigenvalue weighted by Crippen LogP contribution is 2.26. The summed E-state index contributed by atoms with van der Waals surface area (Å²) < 4.78 is 0. The molecule has 1 aromatic heterocycles. The van der Waals surface area contributed by atoms with Gasteiger partial charge in [0.2, 0.25) is 0 Å². The van der Waals surface area contributed by atoms with Crippen LogP contribution in [0.4, 0.5) is 5.82 Å². The molecule has 1 unspecified atom stereocenters. The van der Waals surface area contributed by atoms with E-state index < -0.39 is 0 Å². The molecule has 3 rings (SSSR count). The van der Waals surface area contributed by atoms with Crippen LogP contribution in [0, 0.1) is 0 Å². The van der Waals surface area contributed by atoms with Gasteiger partial charge in [-0.1, -0.05) is 18.9 Å². The maximum Gasteiger partial charge on any atom is 0.131 e. The van der Waals surface area contributed by atoms with Gasteiger partial charge in [0.05, 0.1) is 0 Å². The molecule has 1 aromatic rings. The van der Waals surface area contributed by atoms with E-state index in [0.29, 0.717) is 0 Å². The van der Waals surface area contributed by atoms with Gasteiger partial charge in [0.1, 0.15) is 5.82 Å². The van der Waals surface area contributed by atoms with Crippen LogP contribution >= 0.6 is 0 Å². The topological polar surface area (TPSA) is 45.4 Å². The largest absolute Gasteiger partial charge is 0.354 e. The number of rotatable bonds is 4. The summed E-state index contributed by atoms with van der Waals surface area (Å²) in [5.41, 5.74) is 7.27. The number of hydrogen-bond acceptors (Lipinski definition) is 4. The Morgan fingerprint density at radius 1 is 1.24 bits per heavy atom. The van der Waals surface area contributed by atoms with Gasteiger partial charge in [-0.2, -0.15) is 0 Å². The zero-order chi connectivity index (χ0) is 14.7. The van der Waals surface area contributed by atoms with Gasteiger partial charge < -0.3 is 10.6 Å². The van der Waals surface area contributed by atoms with Gasteiger partial charge >= 0.3 is 0 Å². The van der Waals surface area contributed by atoms with E-state index in [0.717, 1.165) is 31.4 Å². The van der Waals surface area contributed by atoms with Crippen molar-refractivity contribution in [3.8, 4) is 0 Å². The van der Waals surface area contributed by atoms with Crippen LogP contribution in [0.5, 0.6) is 0 Å². The van der Waals surface area contributed by atoms with Crippen LogP contribution in [0.1, 0.15) is 38.2 Å². The van der Waals surface area contributed by atoms with Crippen LogP contribution < -0.4 is 10.6 Å². The molecule has 2 fully saturated rings. The summed E-state index contributed by atoms with van der Waals surface area (Å²) >= 11 is 0. The molecule has 1 aliphatic heterocycles. The highest BCUT2D eigenvalue weighted by molar-refractivity contribution is 5.47. The van der Waals surface area contributed by atoms with E-state index in [4.69, 9.17) is 5.73 Å². The zero-order valence-corrected chi connectivity index (χ0v) is 13.2. The van der Waals surface area contributed by atoms with Gasteiger partial charge in [-0.05, 0) is 37.8 Å². The van der Waals surface area contributed by atoms with Crippen LogP contribution in [0.25, 0.3) is 0 Å². The zero-order valence-electron chi connectivity index (χ0n) is 13.2. The lowest BCUT2D eigenvalue weighted by molar-refractivity contribution is 0.187. The predicted molar refractivity (Wildman–Crippen MR) is 87.6 cm³/mol. The Morgan fingerprint density at radius 2 is 1.95 bits per heavy atom. The third-order valence-corrected chi connectivity index (χ3v) is 4.86. The first kappa shape index (κ1) is 14.8. The van der Waals surface area contributed by atoms with Crippen molar-refractivity contribution in [2.24, 2.45) is 5.73 Å². The van der Waals surface area contributed by atoms with E-state index in [1.165, 1.54) is 44.3 Å². The second kappa shape index (κ2) is 6.75. The minimum Gasteiger partial charge on any atom is -0.354 e. The Hall–Kier alpha value is -1.13. The van der Waals surface area contributed by atoms with E-state index in [1.54, 1.807) is 0 Å². The molecule has 21 heavy (non-hydrogen) atoms. The maximum atomic E-state index is 5.97. The Morgan fingerprint density at radius 3 is 2.62 bits per heavy atom. The minimum atomic E-state index is 0.188. The first-order valence-corrected chi connectivity index (χ1v) is 8.42. The number of aromatic nitrogens is 1. The summed E-state index contributed by atoms with van der Waals surface area (Å²) in [6, 6.07) is 5.23. The molecule has 0 bridgehead atoms. The van der Waals surface area contributed by atoms with Crippen molar-refractivity contribution in [1.82, 2.24) is 9.88 Å². The van der Waals surface area contributed by atoms with Crippen molar-refractivity contribution in [3.63, 3.8) is 0 Å². The van der Waals surface area contributed by atoms with Crippen LogP contribution in [0.3, 0.4) is 0 Å². The number of nitrogens with two attached hydrogens (primary N) is 1. The summed E-state index contributed by atoms with van der Waals surface area (Å²) in [4.78, 5) is 9.77. The fraction of sp³-hybridized carbons (Fsp3) is 0.706. The molecule has 4 heteroatoms. The summed E-state index contributed by atoms with van der Waals surface area (Å²) in [5.74, 6) is 1.15. The second-order valence-corrected chi connectivity index (χ2v) is 6.63. The third-order valence-electron chi connectivity index (χ3n) is 4.86. The lowest BCUT2D eigenvalue weighted by Gasteiger charge is -2.39. The van der Waals surface area contributed by atoms with Crippen molar-refractivity contribution in [2.45, 2.75) is 51.1 Å². The molecule has 4 nitrogen and oxygen atoms in total. The fourth-order valence-corrected chi connectivity index (χ4v) is 3.79. The van der Waals surface area contributed by atoms with Crippen LogP contribution in [0.15, 0.2) is 18.3 Å². The van der Waals surface area contributed by atoms with Gasteiger partial charge in [0, 0.05) is 44.5 Å². The van der Waals surface area contributed by atoms with Gasteiger partial charge in [0.25, 0.3) is 0 Å². The van der Waals surface area contributed by atoms with Crippen LogP contribution in [-0.2, 0) is 6.42 Å². The third kappa shape index (κ3) is 3.55. The highest BCUT2D eigenvalue weighted by Gasteiger charge is 2.27. The van der Waals surface area contributed by atoms with Gasteiger partial charge in [-0.25, -0.2) is 4.98 Å². The van der Waals surface area contributed by atoms with E-state index in [-0.39, 0.29) is 6.04 Å². The van der Waals surface area contributed by atoms with Gasteiger partial charge in [-0.3, -0.25) is 4.90 Å². The van der Waals surface area contributed by atoms with Gasteiger partial charge in [-0.15, -0.1) is 0 Å². The van der Waals surface area contributed by atoms with Crippen molar-refractivity contribution in [1.29, 1.82) is 0 Å². The standard InChI is InChI=1S/C17H28N4/c1-14(18)13-15-5-4-8-19-17(15)21-11-9-20(10-12-21)16-6-2-3-7-16/h4-5,8,14,16H,2-3,6-7,9-13,18H2,1H3. The van der Waals surface area contributed by atoms with E-state index in [2.05, 4.69) is 27.8 Å². The molecule has 0 amide bonds. The Bertz CT molecular complexity index is 446. The molecule has 116 valence electrons. The number of hydrogen-bond donors (Lipinski definition) is 1. The second-order valence-electron chi connectivity index (χ2n) is 6.63. The summed E-state index contributed by atoms with van der Waals surface area (Å²) in [6.45, 7) is 6.62. The molecule has 0 aromatic carbocycles. The fourth-order valence-electron chi connectivity index (χ4n) is 3.79. The first-order chi connectivity index (χ1) is 10.2. The Labute approximate surface area is 128 Å². The first-order valence-electron chi connectivity index (χ1n) is 8.42. The van der Waals surface area contributed by atoms with E-state index in [9.17, 15) is 0 Å². The SMILES string of the molecule is CC(N)Cc1cccnc1N1CCN(C2CCCC2)CC1. The average molecular weight is 288 g/mol. The molecule has 1 aliphatic carbocycles. The Balaban J connectivity index is 1.63. The Kier molecular flexibility index (Phi) is 4.76. The molecular formula is C17H28N4. The van der Waals surface area contributed by atoms with Crippen molar-refractivity contribution in [3.05, 3.63) is 23.9 Å². The molecule has 2 heterocycles. The lowest BCUT2D eigenvalue weighted by Crippen LogP contribution is -2.50. The summed E-state index contributed by atoms with van der Waals surface area (Å²) in [6.07, 6.45) is 8.46. The van der Waals surface area contributed by atoms with E-state index >= 15 is 0 Å². The summed E-state index contributed by atoms with van der Waals surface area (Å²) in [5, 5.41) is 0. The van der Waals surface area contributed by atoms with Crippen molar-refractivity contribution < 1.29 is 0 Å². The smallest absolute Gasteiger partial charge is 0.131 e. The van der Waals surface area contributed by atoms with Gasteiger partial charge in [0.15, 0.2) is 0 Å². The normalized spacial score (nSPS) is 22.7. The number of anilines is 1. The predicted octanol–water partition coefficient (Wildman–Crippen LogP) is 2.04. The lowest BCUT2D eigenvalue weighted by atomic mass is 10.1. The van der Waals surface area contributed by atoms with Crippen molar-refractivity contribution >= 4 is 5.82 Å². The maximum absolute atomic E-state index is 5.97. The van der Waals surface area contributed by atoms with Crippen molar-refractivity contribution in [2.75, 3.05) is 31.1 Å². The van der Waals surface area contributed by atoms with E-state index in [1.807, 2.05) is 12.3 Å². The molecule has 0 spiro atoms. The monoisotopic (exact) mass is 288 g/mol. The molecule has 0 radical (unpaired) electrons. The average Bonchev–Trinajstić information content (AvgIpc) is 3.02. The summed E-state index contributed by atoms with van der Waals surface area (Å²) in [7, 11) is 0. The molecule has 2 aliphatic rings. The molecule has 2 N–H and O–H groups in total.